The predicted octanol–water partition coefficient (Wildman–Crippen LogP) is 3.15. The molecule has 0 radical (unpaired) electrons. The topological polar surface area (TPSA) is 32.3 Å². The van der Waals surface area contributed by atoms with Crippen LogP contribution in [0.25, 0.3) is 0 Å². The summed E-state index contributed by atoms with van der Waals surface area (Å²) < 4.78 is 0. The van der Waals surface area contributed by atoms with Crippen molar-refractivity contribution in [3.05, 3.63) is 0 Å². The molecule has 2 rings (SSSR count). The van der Waals surface area contributed by atoms with Crippen LogP contribution in [0.15, 0.2) is 0 Å². The molecule has 1 N–H and O–H groups in total. The molecule has 1 aliphatic heterocycles. The molecular formula is C16H30N2O. The highest BCUT2D eigenvalue weighted by atomic mass is 16.2. The van der Waals surface area contributed by atoms with Crippen LogP contribution in [-0.2, 0) is 4.79 Å². The lowest BCUT2D eigenvalue weighted by molar-refractivity contribution is -0.133. The fraction of sp³-hybridized carbons (Fsp3) is 0.938. The molecule has 0 bridgehead atoms. The first-order valence-electron chi connectivity index (χ1n) is 8.18. The molecule has 4 unspecified atom stereocenters. The largest absolute Gasteiger partial charge is 0.323 e. The van der Waals surface area contributed by atoms with E-state index in [0.717, 1.165) is 12.8 Å². The Morgan fingerprint density at radius 1 is 1.26 bits per heavy atom. The van der Waals surface area contributed by atoms with Crippen molar-refractivity contribution < 1.29 is 4.79 Å². The van der Waals surface area contributed by atoms with E-state index >= 15 is 0 Å². The monoisotopic (exact) mass is 266 g/mol. The molecule has 3 heteroatoms. The SMILES string of the molecule is CCC1NC(C2CCCC2)N(C(C)C(C)CC)C1=O. The number of hydrogen-bond acceptors (Lipinski definition) is 2. The van der Waals surface area contributed by atoms with Gasteiger partial charge in [0.15, 0.2) is 0 Å². The number of carbonyl (C=O) groups is 1. The van der Waals surface area contributed by atoms with E-state index in [1.54, 1.807) is 0 Å². The van der Waals surface area contributed by atoms with E-state index in [2.05, 4.69) is 37.9 Å². The molecule has 2 aliphatic rings. The molecule has 1 aliphatic carbocycles. The average Bonchev–Trinajstić information content (AvgIpc) is 3.04. The van der Waals surface area contributed by atoms with Gasteiger partial charge < -0.3 is 4.90 Å². The van der Waals surface area contributed by atoms with Crippen molar-refractivity contribution in [2.45, 2.75) is 84.5 Å². The summed E-state index contributed by atoms with van der Waals surface area (Å²) in [4.78, 5) is 14.8. The van der Waals surface area contributed by atoms with Gasteiger partial charge in [-0.1, -0.05) is 40.0 Å². The number of nitrogens with one attached hydrogen (secondary N) is 1. The number of amides is 1. The molecule has 1 heterocycles. The van der Waals surface area contributed by atoms with Crippen LogP contribution in [0.1, 0.15) is 66.2 Å². The summed E-state index contributed by atoms with van der Waals surface area (Å²) in [6, 6.07) is 0.407. The molecule has 4 atom stereocenters. The van der Waals surface area contributed by atoms with E-state index in [9.17, 15) is 4.79 Å². The highest BCUT2D eigenvalue weighted by Crippen LogP contribution is 2.34. The molecule has 19 heavy (non-hydrogen) atoms. The number of carbonyl (C=O) groups excluding carboxylic acids is 1. The van der Waals surface area contributed by atoms with Gasteiger partial charge in [-0.15, -0.1) is 0 Å². The van der Waals surface area contributed by atoms with E-state index in [0.29, 0.717) is 30.0 Å². The summed E-state index contributed by atoms with van der Waals surface area (Å²) in [5.74, 6) is 1.59. The summed E-state index contributed by atoms with van der Waals surface area (Å²) >= 11 is 0. The van der Waals surface area contributed by atoms with Gasteiger partial charge in [0.05, 0.1) is 12.2 Å². The van der Waals surface area contributed by atoms with E-state index in [1.807, 2.05) is 0 Å². The van der Waals surface area contributed by atoms with Gasteiger partial charge >= 0.3 is 0 Å². The van der Waals surface area contributed by atoms with Crippen molar-refractivity contribution in [2.24, 2.45) is 11.8 Å². The summed E-state index contributed by atoms with van der Waals surface area (Å²) in [6.07, 6.45) is 7.57. The van der Waals surface area contributed by atoms with Gasteiger partial charge in [-0.3, -0.25) is 10.1 Å². The second-order valence-electron chi connectivity index (χ2n) is 6.49. The fourth-order valence-corrected chi connectivity index (χ4v) is 3.67. The Morgan fingerprint density at radius 2 is 1.89 bits per heavy atom. The molecule has 0 aromatic carbocycles. The number of hydrogen-bond donors (Lipinski definition) is 1. The molecule has 1 saturated heterocycles. The first-order chi connectivity index (χ1) is 9.10. The summed E-state index contributed by atoms with van der Waals surface area (Å²) in [5.41, 5.74) is 0. The molecule has 0 aromatic heterocycles. The van der Waals surface area contributed by atoms with E-state index in [4.69, 9.17) is 0 Å². The van der Waals surface area contributed by atoms with Crippen molar-refractivity contribution in [3.63, 3.8) is 0 Å². The molecule has 2 fully saturated rings. The minimum Gasteiger partial charge on any atom is -0.323 e. The molecule has 1 saturated carbocycles. The normalized spacial score (nSPS) is 32.0. The lowest BCUT2D eigenvalue weighted by atomic mass is 9.96. The molecule has 110 valence electrons. The second-order valence-corrected chi connectivity index (χ2v) is 6.49. The Balaban J connectivity index is 2.16. The van der Waals surface area contributed by atoms with Gasteiger partial charge in [0.25, 0.3) is 0 Å². The number of rotatable bonds is 5. The summed E-state index contributed by atoms with van der Waals surface area (Å²) in [6.45, 7) is 8.83. The van der Waals surface area contributed by atoms with Gasteiger partial charge in [0, 0.05) is 6.04 Å². The zero-order valence-electron chi connectivity index (χ0n) is 13.0. The highest BCUT2D eigenvalue weighted by Gasteiger charge is 2.44. The summed E-state index contributed by atoms with van der Waals surface area (Å²) in [5, 5.41) is 3.62. The van der Waals surface area contributed by atoms with Gasteiger partial charge in [-0.05, 0) is 38.0 Å². The first kappa shape index (κ1) is 14.8. The lowest BCUT2D eigenvalue weighted by Gasteiger charge is -2.36. The molecule has 0 aromatic rings. The van der Waals surface area contributed by atoms with Crippen molar-refractivity contribution in [1.29, 1.82) is 0 Å². The number of nitrogens with zero attached hydrogens (tertiary/aromatic N) is 1. The fourth-order valence-electron chi connectivity index (χ4n) is 3.67. The minimum absolute atomic E-state index is 0.0529. The summed E-state index contributed by atoms with van der Waals surface area (Å²) in [7, 11) is 0. The van der Waals surface area contributed by atoms with Crippen LogP contribution in [0.5, 0.6) is 0 Å². The maximum Gasteiger partial charge on any atom is 0.241 e. The zero-order valence-corrected chi connectivity index (χ0v) is 13.0. The van der Waals surface area contributed by atoms with Crippen molar-refractivity contribution in [2.75, 3.05) is 0 Å². The second kappa shape index (κ2) is 6.25. The van der Waals surface area contributed by atoms with Crippen LogP contribution in [0.2, 0.25) is 0 Å². The highest BCUT2D eigenvalue weighted by molar-refractivity contribution is 5.84. The van der Waals surface area contributed by atoms with Gasteiger partial charge in [0.1, 0.15) is 0 Å². The van der Waals surface area contributed by atoms with E-state index in [-0.39, 0.29) is 6.04 Å². The van der Waals surface area contributed by atoms with Gasteiger partial charge in [0.2, 0.25) is 5.91 Å². The smallest absolute Gasteiger partial charge is 0.241 e. The Morgan fingerprint density at radius 3 is 2.42 bits per heavy atom. The molecular weight excluding hydrogens is 236 g/mol. The average molecular weight is 266 g/mol. The Labute approximate surface area is 118 Å². The molecule has 1 amide bonds. The third-order valence-corrected chi connectivity index (χ3v) is 5.39. The standard InChI is InChI=1S/C16H30N2O/c1-5-11(3)12(4)18-15(13-9-7-8-10-13)17-14(6-2)16(18)19/h11-15,17H,5-10H2,1-4H3. The van der Waals surface area contributed by atoms with E-state index < -0.39 is 0 Å². The van der Waals surface area contributed by atoms with Crippen LogP contribution in [0, 0.1) is 11.8 Å². The maximum atomic E-state index is 12.6. The van der Waals surface area contributed by atoms with Crippen LogP contribution in [0.4, 0.5) is 0 Å². The van der Waals surface area contributed by atoms with Crippen LogP contribution >= 0.6 is 0 Å². The zero-order chi connectivity index (χ0) is 14.0. The van der Waals surface area contributed by atoms with Crippen LogP contribution < -0.4 is 5.32 Å². The minimum atomic E-state index is 0.0529. The first-order valence-corrected chi connectivity index (χ1v) is 8.18. The Kier molecular flexibility index (Phi) is 4.88. The Bertz CT molecular complexity index is 312. The van der Waals surface area contributed by atoms with Crippen molar-refractivity contribution >= 4 is 5.91 Å². The third-order valence-electron chi connectivity index (χ3n) is 5.39. The van der Waals surface area contributed by atoms with Gasteiger partial charge in [-0.25, -0.2) is 0 Å². The predicted molar refractivity (Wildman–Crippen MR) is 78.7 cm³/mol. The Hall–Kier alpha value is -0.570. The molecule has 3 nitrogen and oxygen atoms in total. The third kappa shape index (κ3) is 2.81. The maximum absolute atomic E-state index is 12.6. The van der Waals surface area contributed by atoms with Crippen molar-refractivity contribution in [3.8, 4) is 0 Å². The van der Waals surface area contributed by atoms with Gasteiger partial charge in [-0.2, -0.15) is 0 Å². The van der Waals surface area contributed by atoms with Crippen LogP contribution in [0.3, 0.4) is 0 Å². The molecule has 0 spiro atoms. The van der Waals surface area contributed by atoms with Crippen molar-refractivity contribution in [1.82, 2.24) is 10.2 Å². The lowest BCUT2D eigenvalue weighted by Crippen LogP contribution is -2.49. The van der Waals surface area contributed by atoms with Crippen LogP contribution in [-0.4, -0.2) is 29.1 Å². The van der Waals surface area contributed by atoms with E-state index in [1.165, 1.54) is 25.7 Å². The quantitative estimate of drug-likeness (QED) is 0.829.